The monoisotopic (exact) mass is 262 g/mol. The van der Waals surface area contributed by atoms with E-state index in [2.05, 4.69) is 35.8 Å². The van der Waals surface area contributed by atoms with E-state index in [-0.39, 0.29) is 12.1 Å². The molecule has 0 spiro atoms. The summed E-state index contributed by atoms with van der Waals surface area (Å²) in [5.74, 6) is 0. The normalized spacial score (nSPS) is 16.6. The summed E-state index contributed by atoms with van der Waals surface area (Å²) in [5, 5.41) is 16.2. The lowest BCUT2D eigenvalue weighted by molar-refractivity contribution is 0.177. The van der Waals surface area contributed by atoms with Gasteiger partial charge in [0.05, 0.1) is 6.61 Å². The van der Waals surface area contributed by atoms with Crippen molar-refractivity contribution >= 4 is 5.69 Å². The molecule has 3 nitrogen and oxygen atoms in total. The molecule has 2 rings (SSSR count). The Kier molecular flexibility index (Phi) is 4.48. The van der Waals surface area contributed by atoms with Gasteiger partial charge in [-0.2, -0.15) is 0 Å². The number of hydrogen-bond acceptors (Lipinski definition) is 3. The summed E-state index contributed by atoms with van der Waals surface area (Å²) in [6.45, 7) is 7.48. The predicted octanol–water partition coefficient (Wildman–Crippen LogP) is 2.34. The van der Waals surface area contributed by atoms with Crippen LogP contribution in [-0.2, 0) is 12.8 Å². The standard InChI is InChI=1S/C16H26N2O/c1-12(18-16(2,3)11-19)9-13-6-7-15-14(10-13)5-4-8-17-15/h6-7,10,12,17-19H,4-5,8-9,11H2,1-3H3. The van der Waals surface area contributed by atoms with E-state index in [0.29, 0.717) is 6.04 Å². The molecule has 3 heteroatoms. The fourth-order valence-electron chi connectivity index (χ4n) is 2.77. The lowest BCUT2D eigenvalue weighted by Gasteiger charge is -2.28. The van der Waals surface area contributed by atoms with Crippen molar-refractivity contribution in [3.63, 3.8) is 0 Å². The fraction of sp³-hybridized carbons (Fsp3) is 0.625. The largest absolute Gasteiger partial charge is 0.394 e. The molecule has 1 aromatic carbocycles. The molecule has 1 atom stereocenters. The van der Waals surface area contributed by atoms with Crippen LogP contribution < -0.4 is 10.6 Å². The van der Waals surface area contributed by atoms with Crippen molar-refractivity contribution < 1.29 is 5.11 Å². The van der Waals surface area contributed by atoms with Crippen LogP contribution in [0.5, 0.6) is 0 Å². The summed E-state index contributed by atoms with van der Waals surface area (Å²) < 4.78 is 0. The second kappa shape index (κ2) is 5.93. The van der Waals surface area contributed by atoms with Gasteiger partial charge in [-0.1, -0.05) is 12.1 Å². The van der Waals surface area contributed by atoms with Crippen molar-refractivity contribution in [3.05, 3.63) is 29.3 Å². The number of aryl methyl sites for hydroxylation is 1. The van der Waals surface area contributed by atoms with Crippen molar-refractivity contribution in [2.24, 2.45) is 0 Å². The molecule has 0 saturated heterocycles. The Morgan fingerprint density at radius 1 is 1.42 bits per heavy atom. The average molecular weight is 262 g/mol. The fourth-order valence-corrected chi connectivity index (χ4v) is 2.77. The molecule has 1 aliphatic heterocycles. The van der Waals surface area contributed by atoms with Gasteiger partial charge >= 0.3 is 0 Å². The molecular formula is C16H26N2O. The highest BCUT2D eigenvalue weighted by Gasteiger charge is 2.19. The first-order valence-electron chi connectivity index (χ1n) is 7.24. The number of aliphatic hydroxyl groups is 1. The smallest absolute Gasteiger partial charge is 0.0607 e. The third-order valence-corrected chi connectivity index (χ3v) is 3.68. The third-order valence-electron chi connectivity index (χ3n) is 3.68. The second-order valence-corrected chi connectivity index (χ2v) is 6.31. The molecule has 19 heavy (non-hydrogen) atoms. The van der Waals surface area contributed by atoms with Gasteiger partial charge in [0.1, 0.15) is 0 Å². The van der Waals surface area contributed by atoms with Gasteiger partial charge < -0.3 is 15.7 Å². The van der Waals surface area contributed by atoms with Gasteiger partial charge in [0, 0.05) is 23.8 Å². The topological polar surface area (TPSA) is 44.3 Å². The molecule has 0 amide bonds. The van der Waals surface area contributed by atoms with Crippen molar-refractivity contribution in [2.45, 2.75) is 51.6 Å². The highest BCUT2D eigenvalue weighted by atomic mass is 16.3. The van der Waals surface area contributed by atoms with Crippen LogP contribution in [0.4, 0.5) is 5.69 Å². The molecule has 0 bridgehead atoms. The summed E-state index contributed by atoms with van der Waals surface area (Å²) in [6.07, 6.45) is 3.40. The van der Waals surface area contributed by atoms with E-state index in [9.17, 15) is 5.11 Å². The molecule has 0 radical (unpaired) electrons. The molecule has 3 N–H and O–H groups in total. The Morgan fingerprint density at radius 3 is 2.95 bits per heavy atom. The number of rotatable bonds is 5. The minimum Gasteiger partial charge on any atom is -0.394 e. The van der Waals surface area contributed by atoms with Crippen molar-refractivity contribution in [3.8, 4) is 0 Å². The summed E-state index contributed by atoms with van der Waals surface area (Å²) in [4.78, 5) is 0. The van der Waals surface area contributed by atoms with E-state index >= 15 is 0 Å². The van der Waals surface area contributed by atoms with Crippen LogP contribution in [0.15, 0.2) is 18.2 Å². The first-order valence-corrected chi connectivity index (χ1v) is 7.24. The zero-order valence-corrected chi connectivity index (χ0v) is 12.3. The van der Waals surface area contributed by atoms with Gasteiger partial charge in [-0.15, -0.1) is 0 Å². The molecule has 0 saturated carbocycles. The first-order chi connectivity index (χ1) is 9.00. The van der Waals surface area contributed by atoms with Crippen LogP contribution in [0.3, 0.4) is 0 Å². The summed E-state index contributed by atoms with van der Waals surface area (Å²) >= 11 is 0. The SMILES string of the molecule is CC(Cc1ccc2c(c1)CCCN2)NC(C)(C)CO. The number of nitrogens with one attached hydrogen (secondary N) is 2. The van der Waals surface area contributed by atoms with Gasteiger partial charge in [0.15, 0.2) is 0 Å². The molecule has 1 unspecified atom stereocenters. The van der Waals surface area contributed by atoms with Crippen molar-refractivity contribution in [1.29, 1.82) is 0 Å². The van der Waals surface area contributed by atoms with Crippen LogP contribution in [0.25, 0.3) is 0 Å². The maximum atomic E-state index is 9.30. The Bertz CT molecular complexity index is 429. The Morgan fingerprint density at radius 2 is 2.21 bits per heavy atom. The Hall–Kier alpha value is -1.06. The van der Waals surface area contributed by atoms with Crippen molar-refractivity contribution in [1.82, 2.24) is 5.32 Å². The van der Waals surface area contributed by atoms with E-state index < -0.39 is 0 Å². The van der Waals surface area contributed by atoms with Crippen LogP contribution in [0, 0.1) is 0 Å². The zero-order valence-electron chi connectivity index (χ0n) is 12.3. The minimum absolute atomic E-state index is 0.158. The van der Waals surface area contributed by atoms with E-state index in [0.717, 1.165) is 13.0 Å². The van der Waals surface area contributed by atoms with Crippen LogP contribution in [0.2, 0.25) is 0 Å². The molecule has 0 aliphatic carbocycles. The zero-order chi connectivity index (χ0) is 13.9. The number of aliphatic hydroxyl groups excluding tert-OH is 1. The highest BCUT2D eigenvalue weighted by Crippen LogP contribution is 2.23. The van der Waals surface area contributed by atoms with E-state index in [4.69, 9.17) is 0 Å². The minimum atomic E-state index is -0.213. The average Bonchev–Trinajstić information content (AvgIpc) is 2.38. The molecule has 0 aromatic heterocycles. The first kappa shape index (κ1) is 14.4. The van der Waals surface area contributed by atoms with Gasteiger partial charge in [-0.05, 0) is 57.2 Å². The molecule has 106 valence electrons. The van der Waals surface area contributed by atoms with Gasteiger partial charge in [0.2, 0.25) is 0 Å². The molecular weight excluding hydrogens is 236 g/mol. The summed E-state index contributed by atoms with van der Waals surface area (Å²) in [5.41, 5.74) is 3.90. The van der Waals surface area contributed by atoms with Gasteiger partial charge in [0.25, 0.3) is 0 Å². The predicted molar refractivity (Wildman–Crippen MR) is 80.7 cm³/mol. The number of benzene rings is 1. The molecule has 1 aliphatic rings. The Balaban J connectivity index is 1.99. The van der Waals surface area contributed by atoms with Crippen LogP contribution in [-0.4, -0.2) is 29.8 Å². The molecule has 0 fully saturated rings. The van der Waals surface area contributed by atoms with Crippen LogP contribution >= 0.6 is 0 Å². The maximum Gasteiger partial charge on any atom is 0.0607 e. The molecule has 1 aromatic rings. The molecule has 1 heterocycles. The van der Waals surface area contributed by atoms with Gasteiger partial charge in [-0.3, -0.25) is 0 Å². The van der Waals surface area contributed by atoms with E-state index in [1.54, 1.807) is 0 Å². The lowest BCUT2D eigenvalue weighted by atomic mass is 9.97. The maximum absolute atomic E-state index is 9.30. The lowest BCUT2D eigenvalue weighted by Crippen LogP contribution is -2.48. The summed E-state index contributed by atoms with van der Waals surface area (Å²) in [6, 6.07) is 7.09. The third kappa shape index (κ3) is 3.95. The van der Waals surface area contributed by atoms with Crippen molar-refractivity contribution in [2.75, 3.05) is 18.5 Å². The van der Waals surface area contributed by atoms with Crippen LogP contribution in [0.1, 0.15) is 38.3 Å². The Labute approximate surface area is 116 Å². The number of fused-ring (bicyclic) bond motifs is 1. The summed E-state index contributed by atoms with van der Waals surface area (Å²) in [7, 11) is 0. The van der Waals surface area contributed by atoms with Gasteiger partial charge in [-0.25, -0.2) is 0 Å². The second-order valence-electron chi connectivity index (χ2n) is 6.31. The number of anilines is 1. The number of hydrogen-bond donors (Lipinski definition) is 3. The van der Waals surface area contributed by atoms with E-state index in [1.807, 2.05) is 13.8 Å². The quantitative estimate of drug-likeness (QED) is 0.763. The highest BCUT2D eigenvalue weighted by molar-refractivity contribution is 5.54. The van der Waals surface area contributed by atoms with E-state index in [1.165, 1.54) is 29.7 Å².